The highest BCUT2D eigenvalue weighted by Gasteiger charge is 2.26. The Morgan fingerprint density at radius 2 is 1.92 bits per heavy atom. The molecule has 0 radical (unpaired) electrons. The van der Waals surface area contributed by atoms with Crippen LogP contribution in [0.5, 0.6) is 5.75 Å². The van der Waals surface area contributed by atoms with Gasteiger partial charge in [-0.2, -0.15) is 0 Å². The van der Waals surface area contributed by atoms with Gasteiger partial charge in [-0.3, -0.25) is 9.59 Å². The van der Waals surface area contributed by atoms with Crippen LogP contribution in [0, 0.1) is 5.92 Å². The van der Waals surface area contributed by atoms with E-state index < -0.39 is 24.6 Å². The SMILES string of the molecule is C[C@@H]1CCCC[C@H]1NC(=O)[C@@H](C)OC(=O)COc1ccccc1C(N)=O. The second-order valence-corrected chi connectivity index (χ2v) is 6.66. The molecule has 0 spiro atoms. The second kappa shape index (κ2) is 9.22. The highest BCUT2D eigenvalue weighted by Crippen LogP contribution is 2.23. The zero-order chi connectivity index (χ0) is 19.1. The van der Waals surface area contributed by atoms with Crippen LogP contribution in [0.25, 0.3) is 0 Å². The second-order valence-electron chi connectivity index (χ2n) is 6.66. The van der Waals surface area contributed by atoms with Crippen LogP contribution in [-0.2, 0) is 14.3 Å². The van der Waals surface area contributed by atoms with Crippen molar-refractivity contribution in [3.63, 3.8) is 0 Å². The number of esters is 1. The number of hydrogen-bond acceptors (Lipinski definition) is 5. The summed E-state index contributed by atoms with van der Waals surface area (Å²) in [7, 11) is 0. The van der Waals surface area contributed by atoms with E-state index >= 15 is 0 Å². The van der Waals surface area contributed by atoms with Crippen LogP contribution in [0.4, 0.5) is 0 Å². The fourth-order valence-corrected chi connectivity index (χ4v) is 3.05. The van der Waals surface area contributed by atoms with Crippen LogP contribution in [-0.4, -0.2) is 36.5 Å². The molecule has 142 valence electrons. The number of hydrogen-bond donors (Lipinski definition) is 2. The Morgan fingerprint density at radius 3 is 2.62 bits per heavy atom. The monoisotopic (exact) mass is 362 g/mol. The first-order chi connectivity index (χ1) is 12.4. The fourth-order valence-electron chi connectivity index (χ4n) is 3.05. The molecule has 2 rings (SSSR count). The minimum absolute atomic E-state index is 0.121. The van der Waals surface area contributed by atoms with Crippen LogP contribution in [0.1, 0.15) is 49.9 Å². The van der Waals surface area contributed by atoms with Crippen molar-refractivity contribution < 1.29 is 23.9 Å². The molecule has 1 aromatic rings. The summed E-state index contributed by atoms with van der Waals surface area (Å²) in [4.78, 5) is 35.5. The molecule has 0 aliphatic heterocycles. The molecule has 3 atom stereocenters. The first-order valence-corrected chi connectivity index (χ1v) is 8.90. The van der Waals surface area contributed by atoms with Gasteiger partial charge < -0.3 is 20.5 Å². The van der Waals surface area contributed by atoms with Gasteiger partial charge in [0.2, 0.25) is 0 Å². The quantitative estimate of drug-likeness (QED) is 0.719. The molecule has 0 aromatic heterocycles. The minimum Gasteiger partial charge on any atom is -0.481 e. The Balaban J connectivity index is 1.81. The molecule has 3 N–H and O–H groups in total. The van der Waals surface area contributed by atoms with Gasteiger partial charge in [-0.1, -0.05) is 31.9 Å². The van der Waals surface area contributed by atoms with E-state index in [1.807, 2.05) is 0 Å². The molecular weight excluding hydrogens is 336 g/mol. The lowest BCUT2D eigenvalue weighted by atomic mass is 9.86. The number of rotatable bonds is 7. The van der Waals surface area contributed by atoms with E-state index in [0.717, 1.165) is 19.3 Å². The lowest BCUT2D eigenvalue weighted by Gasteiger charge is -2.30. The molecule has 0 unspecified atom stereocenters. The van der Waals surface area contributed by atoms with Crippen LogP contribution in [0.3, 0.4) is 0 Å². The molecule has 7 nitrogen and oxygen atoms in total. The van der Waals surface area contributed by atoms with Gasteiger partial charge in [0.1, 0.15) is 5.75 Å². The molecule has 0 saturated heterocycles. The number of benzene rings is 1. The molecule has 1 aliphatic carbocycles. The summed E-state index contributed by atoms with van der Waals surface area (Å²) in [6.45, 7) is 3.23. The smallest absolute Gasteiger partial charge is 0.344 e. The largest absolute Gasteiger partial charge is 0.481 e. The summed E-state index contributed by atoms with van der Waals surface area (Å²) in [5, 5.41) is 2.95. The third-order valence-electron chi connectivity index (χ3n) is 4.61. The topological polar surface area (TPSA) is 108 Å². The zero-order valence-electron chi connectivity index (χ0n) is 15.2. The van der Waals surface area contributed by atoms with Crippen molar-refractivity contribution in [2.24, 2.45) is 11.7 Å². The molecular formula is C19H26N2O5. The number of ether oxygens (including phenoxy) is 2. The Morgan fingerprint density at radius 1 is 1.23 bits per heavy atom. The number of carbonyl (C=O) groups excluding carboxylic acids is 3. The highest BCUT2D eigenvalue weighted by molar-refractivity contribution is 5.95. The maximum absolute atomic E-state index is 12.2. The van der Waals surface area contributed by atoms with Gasteiger partial charge in [0.25, 0.3) is 11.8 Å². The van der Waals surface area contributed by atoms with Crippen molar-refractivity contribution >= 4 is 17.8 Å². The van der Waals surface area contributed by atoms with Crippen molar-refractivity contribution in [3.8, 4) is 5.75 Å². The van der Waals surface area contributed by atoms with Crippen LogP contribution in [0.2, 0.25) is 0 Å². The number of amides is 2. The summed E-state index contributed by atoms with van der Waals surface area (Å²) >= 11 is 0. The van der Waals surface area contributed by atoms with Crippen molar-refractivity contribution in [1.82, 2.24) is 5.32 Å². The van der Waals surface area contributed by atoms with Crippen LogP contribution >= 0.6 is 0 Å². The average molecular weight is 362 g/mol. The maximum atomic E-state index is 12.2. The highest BCUT2D eigenvalue weighted by atomic mass is 16.6. The first kappa shape index (κ1) is 19.8. The zero-order valence-corrected chi connectivity index (χ0v) is 15.2. The van der Waals surface area contributed by atoms with Gasteiger partial charge >= 0.3 is 5.97 Å². The van der Waals surface area contributed by atoms with Crippen LogP contribution < -0.4 is 15.8 Å². The Kier molecular flexibility index (Phi) is 7.00. The number of para-hydroxylation sites is 1. The first-order valence-electron chi connectivity index (χ1n) is 8.90. The van der Waals surface area contributed by atoms with Gasteiger partial charge in [-0.05, 0) is 37.8 Å². The van der Waals surface area contributed by atoms with E-state index in [9.17, 15) is 14.4 Å². The van der Waals surface area contributed by atoms with Crippen molar-refractivity contribution in [2.45, 2.75) is 51.7 Å². The van der Waals surface area contributed by atoms with Crippen molar-refractivity contribution in [3.05, 3.63) is 29.8 Å². The minimum atomic E-state index is -0.911. The lowest BCUT2D eigenvalue weighted by Crippen LogP contribution is -2.46. The molecule has 2 amide bonds. The van der Waals surface area contributed by atoms with Crippen molar-refractivity contribution in [2.75, 3.05) is 6.61 Å². The van der Waals surface area contributed by atoms with Gasteiger partial charge in [0, 0.05) is 6.04 Å². The molecule has 1 fully saturated rings. The summed E-state index contributed by atoms with van der Waals surface area (Å²) in [5.74, 6) is -1.03. The predicted octanol–water partition coefficient (Wildman–Crippen LogP) is 1.79. The van der Waals surface area contributed by atoms with Gasteiger partial charge in [-0.25, -0.2) is 4.79 Å². The summed E-state index contributed by atoms with van der Waals surface area (Å²) < 4.78 is 10.4. The molecule has 1 saturated carbocycles. The maximum Gasteiger partial charge on any atom is 0.344 e. The molecule has 1 aliphatic rings. The van der Waals surface area contributed by atoms with Crippen molar-refractivity contribution in [1.29, 1.82) is 0 Å². The van der Waals surface area contributed by atoms with E-state index in [2.05, 4.69) is 12.2 Å². The van der Waals surface area contributed by atoms with E-state index in [0.29, 0.717) is 5.92 Å². The standard InChI is InChI=1S/C19H26N2O5/c1-12-7-3-5-9-15(12)21-19(24)13(2)26-17(22)11-25-16-10-6-4-8-14(16)18(20)23/h4,6,8,10,12-13,15H,3,5,7,9,11H2,1-2H3,(H2,20,23)(H,21,24)/t12-,13-,15-/m1/s1. The summed E-state index contributed by atoms with van der Waals surface area (Å²) in [6.07, 6.45) is 3.40. The van der Waals surface area contributed by atoms with E-state index in [-0.39, 0.29) is 23.3 Å². The Hall–Kier alpha value is -2.57. The number of primary amides is 1. The van der Waals surface area contributed by atoms with Gasteiger partial charge in [0.15, 0.2) is 12.7 Å². The molecule has 1 aromatic carbocycles. The normalized spacial score (nSPS) is 20.7. The summed E-state index contributed by atoms with van der Waals surface area (Å²) in [5.41, 5.74) is 5.43. The van der Waals surface area contributed by atoms with Crippen LogP contribution in [0.15, 0.2) is 24.3 Å². The molecule has 26 heavy (non-hydrogen) atoms. The number of carbonyl (C=O) groups is 3. The molecule has 0 heterocycles. The van der Waals surface area contributed by atoms with E-state index in [4.69, 9.17) is 15.2 Å². The van der Waals surface area contributed by atoms with Gasteiger partial charge in [-0.15, -0.1) is 0 Å². The predicted molar refractivity (Wildman–Crippen MR) is 95.6 cm³/mol. The fraction of sp³-hybridized carbons (Fsp3) is 0.526. The number of nitrogens with one attached hydrogen (secondary N) is 1. The van der Waals surface area contributed by atoms with E-state index in [1.165, 1.54) is 25.5 Å². The average Bonchev–Trinajstić information content (AvgIpc) is 2.62. The lowest BCUT2D eigenvalue weighted by molar-refractivity contribution is -0.157. The third kappa shape index (κ3) is 5.47. The van der Waals surface area contributed by atoms with E-state index in [1.54, 1.807) is 12.1 Å². The number of nitrogens with two attached hydrogens (primary N) is 1. The summed E-state index contributed by atoms with van der Waals surface area (Å²) in [6, 6.07) is 6.47. The molecule has 7 heteroatoms. The third-order valence-corrected chi connectivity index (χ3v) is 4.61. The Labute approximate surface area is 153 Å². The van der Waals surface area contributed by atoms with Gasteiger partial charge in [0.05, 0.1) is 5.56 Å². The Bertz CT molecular complexity index is 661. The molecule has 0 bridgehead atoms.